The third kappa shape index (κ3) is 3.77. The molecule has 0 saturated carbocycles. The van der Waals surface area contributed by atoms with Crippen molar-refractivity contribution in [3.63, 3.8) is 0 Å². The number of nitro groups is 1. The number of halogens is 2. The van der Waals surface area contributed by atoms with Crippen LogP contribution in [0.3, 0.4) is 0 Å². The Bertz CT molecular complexity index is 677. The predicted molar refractivity (Wildman–Crippen MR) is 83.4 cm³/mol. The Morgan fingerprint density at radius 1 is 1.24 bits per heavy atom. The predicted octanol–water partition coefficient (Wildman–Crippen LogP) is 4.52. The summed E-state index contributed by atoms with van der Waals surface area (Å²) in [6.07, 6.45) is 0. The molecule has 21 heavy (non-hydrogen) atoms. The van der Waals surface area contributed by atoms with Gasteiger partial charge in [0.15, 0.2) is 0 Å². The molecule has 0 unspecified atom stereocenters. The number of nitrogens with one attached hydrogen (secondary N) is 1. The van der Waals surface area contributed by atoms with Crippen LogP contribution in [0.4, 0.5) is 11.4 Å². The second kappa shape index (κ2) is 6.65. The van der Waals surface area contributed by atoms with Crippen LogP contribution in [0.2, 0.25) is 10.0 Å². The summed E-state index contributed by atoms with van der Waals surface area (Å²) in [7, 11) is 1.74. The summed E-state index contributed by atoms with van der Waals surface area (Å²) in [5.74, 6) is 0.467. The fraction of sp³-hybridized carbons (Fsp3) is 0.143. The van der Waals surface area contributed by atoms with E-state index < -0.39 is 4.92 Å². The SMILES string of the molecule is CNc1ccc([N+](=O)[O-])cc1COc1ccc(Cl)cc1Cl. The fourth-order valence-corrected chi connectivity index (χ4v) is 2.27. The van der Waals surface area contributed by atoms with Crippen LogP contribution < -0.4 is 10.1 Å². The maximum atomic E-state index is 10.8. The first-order chi connectivity index (χ1) is 10.0. The minimum atomic E-state index is -0.446. The van der Waals surface area contributed by atoms with Crippen LogP contribution in [0.5, 0.6) is 5.75 Å². The Morgan fingerprint density at radius 3 is 2.62 bits per heavy atom. The number of nitrogens with zero attached hydrogens (tertiary/aromatic N) is 1. The van der Waals surface area contributed by atoms with E-state index in [1.807, 2.05) is 0 Å². The Morgan fingerprint density at radius 2 is 2.00 bits per heavy atom. The number of ether oxygens (including phenoxy) is 1. The maximum absolute atomic E-state index is 10.8. The standard InChI is InChI=1S/C14H12Cl2N2O3/c1-17-13-4-3-11(18(19)20)6-9(13)8-21-14-5-2-10(15)7-12(14)16/h2-7,17H,8H2,1H3. The van der Waals surface area contributed by atoms with Gasteiger partial charge < -0.3 is 10.1 Å². The van der Waals surface area contributed by atoms with Gasteiger partial charge in [0.05, 0.1) is 9.95 Å². The number of hydrogen-bond donors (Lipinski definition) is 1. The molecule has 0 aliphatic heterocycles. The van der Waals surface area contributed by atoms with Crippen molar-refractivity contribution >= 4 is 34.6 Å². The Hall–Kier alpha value is -1.98. The summed E-state index contributed by atoms with van der Waals surface area (Å²) in [6.45, 7) is 0.152. The van der Waals surface area contributed by atoms with Crippen LogP contribution in [-0.2, 0) is 6.61 Å². The largest absolute Gasteiger partial charge is 0.487 e. The zero-order valence-corrected chi connectivity index (χ0v) is 12.6. The second-order valence-electron chi connectivity index (χ2n) is 4.21. The van der Waals surface area contributed by atoms with Crippen molar-refractivity contribution in [2.75, 3.05) is 12.4 Å². The van der Waals surface area contributed by atoms with Crippen LogP contribution in [0.15, 0.2) is 36.4 Å². The van der Waals surface area contributed by atoms with Gasteiger partial charge in [-0.05, 0) is 24.3 Å². The molecular weight excluding hydrogens is 315 g/mol. The van der Waals surface area contributed by atoms with E-state index in [2.05, 4.69) is 5.32 Å². The molecule has 0 amide bonds. The number of nitro benzene ring substituents is 1. The van der Waals surface area contributed by atoms with Crippen LogP contribution >= 0.6 is 23.2 Å². The van der Waals surface area contributed by atoms with Gasteiger partial charge in [0.25, 0.3) is 5.69 Å². The smallest absolute Gasteiger partial charge is 0.269 e. The topological polar surface area (TPSA) is 64.4 Å². The molecule has 110 valence electrons. The van der Waals surface area contributed by atoms with E-state index in [4.69, 9.17) is 27.9 Å². The zero-order chi connectivity index (χ0) is 15.4. The zero-order valence-electron chi connectivity index (χ0n) is 11.1. The highest BCUT2D eigenvalue weighted by Crippen LogP contribution is 2.29. The molecule has 0 fully saturated rings. The van der Waals surface area contributed by atoms with Gasteiger partial charge in [-0.3, -0.25) is 10.1 Å². The normalized spacial score (nSPS) is 10.2. The van der Waals surface area contributed by atoms with Gasteiger partial charge in [0.1, 0.15) is 12.4 Å². The molecule has 1 N–H and O–H groups in total. The van der Waals surface area contributed by atoms with Gasteiger partial charge in [-0.1, -0.05) is 23.2 Å². The highest BCUT2D eigenvalue weighted by molar-refractivity contribution is 6.35. The third-order valence-corrected chi connectivity index (χ3v) is 3.38. The van der Waals surface area contributed by atoms with Crippen molar-refractivity contribution in [1.29, 1.82) is 0 Å². The van der Waals surface area contributed by atoms with Crippen LogP contribution in [0.1, 0.15) is 5.56 Å². The van der Waals surface area contributed by atoms with E-state index in [0.717, 1.165) is 5.69 Å². The number of hydrogen-bond acceptors (Lipinski definition) is 4. The van der Waals surface area contributed by atoms with Gasteiger partial charge in [0.2, 0.25) is 0 Å². The summed E-state index contributed by atoms with van der Waals surface area (Å²) >= 11 is 11.8. The molecular formula is C14H12Cl2N2O3. The lowest BCUT2D eigenvalue weighted by atomic mass is 10.1. The van der Waals surface area contributed by atoms with Crippen molar-refractivity contribution in [2.45, 2.75) is 6.61 Å². The van der Waals surface area contributed by atoms with E-state index in [1.54, 1.807) is 31.3 Å². The molecule has 0 spiro atoms. The molecule has 0 aliphatic carbocycles. The van der Waals surface area contributed by atoms with E-state index in [0.29, 0.717) is 21.4 Å². The summed E-state index contributed by atoms with van der Waals surface area (Å²) < 4.78 is 5.60. The molecule has 0 atom stereocenters. The molecule has 0 heterocycles. The average molecular weight is 327 g/mol. The van der Waals surface area contributed by atoms with Crippen molar-refractivity contribution in [3.8, 4) is 5.75 Å². The first-order valence-corrected chi connectivity index (χ1v) is 6.80. The van der Waals surface area contributed by atoms with E-state index in [-0.39, 0.29) is 12.3 Å². The maximum Gasteiger partial charge on any atom is 0.269 e. The molecule has 5 nitrogen and oxygen atoms in total. The van der Waals surface area contributed by atoms with Crippen molar-refractivity contribution in [3.05, 3.63) is 62.1 Å². The highest BCUT2D eigenvalue weighted by atomic mass is 35.5. The molecule has 0 aliphatic rings. The quantitative estimate of drug-likeness (QED) is 0.648. The van der Waals surface area contributed by atoms with Crippen LogP contribution in [-0.4, -0.2) is 12.0 Å². The number of anilines is 1. The summed E-state index contributed by atoms with van der Waals surface area (Å²) in [6, 6.07) is 9.43. The monoisotopic (exact) mass is 326 g/mol. The average Bonchev–Trinajstić information content (AvgIpc) is 2.46. The van der Waals surface area contributed by atoms with E-state index in [1.165, 1.54) is 12.1 Å². The lowest BCUT2D eigenvalue weighted by Crippen LogP contribution is -2.02. The Balaban J connectivity index is 2.22. The van der Waals surface area contributed by atoms with Crippen molar-refractivity contribution in [1.82, 2.24) is 0 Å². The minimum absolute atomic E-state index is 0.00908. The van der Waals surface area contributed by atoms with E-state index in [9.17, 15) is 10.1 Å². The number of rotatable bonds is 5. The molecule has 2 aromatic rings. The molecule has 2 aromatic carbocycles. The van der Waals surface area contributed by atoms with Crippen molar-refractivity contribution < 1.29 is 9.66 Å². The molecule has 7 heteroatoms. The summed E-state index contributed by atoms with van der Waals surface area (Å²) in [5.41, 5.74) is 1.43. The fourth-order valence-electron chi connectivity index (χ4n) is 1.80. The van der Waals surface area contributed by atoms with Crippen LogP contribution in [0.25, 0.3) is 0 Å². The van der Waals surface area contributed by atoms with Crippen LogP contribution in [0, 0.1) is 10.1 Å². The summed E-state index contributed by atoms with van der Waals surface area (Å²) in [5, 5.41) is 14.7. The third-order valence-electron chi connectivity index (χ3n) is 2.85. The van der Waals surface area contributed by atoms with Gasteiger partial charge >= 0.3 is 0 Å². The number of benzene rings is 2. The lowest BCUT2D eigenvalue weighted by Gasteiger charge is -2.12. The number of non-ortho nitro benzene ring substituents is 1. The van der Waals surface area contributed by atoms with Gasteiger partial charge in [-0.15, -0.1) is 0 Å². The van der Waals surface area contributed by atoms with E-state index >= 15 is 0 Å². The first-order valence-electron chi connectivity index (χ1n) is 6.04. The van der Waals surface area contributed by atoms with Crippen molar-refractivity contribution in [2.24, 2.45) is 0 Å². The minimum Gasteiger partial charge on any atom is -0.487 e. The highest BCUT2D eigenvalue weighted by Gasteiger charge is 2.11. The first kappa shape index (κ1) is 15.4. The summed E-state index contributed by atoms with van der Waals surface area (Å²) in [4.78, 5) is 10.4. The Labute approximate surface area is 131 Å². The van der Waals surface area contributed by atoms with Gasteiger partial charge in [-0.25, -0.2) is 0 Å². The molecule has 0 saturated heterocycles. The molecule has 0 bridgehead atoms. The second-order valence-corrected chi connectivity index (χ2v) is 5.06. The lowest BCUT2D eigenvalue weighted by molar-refractivity contribution is -0.384. The molecule has 2 rings (SSSR count). The van der Waals surface area contributed by atoms with Gasteiger partial charge in [-0.2, -0.15) is 0 Å². The molecule has 0 aromatic heterocycles. The Kier molecular flexibility index (Phi) is 4.88. The van der Waals surface area contributed by atoms with Gasteiger partial charge in [0, 0.05) is 35.5 Å². The molecule has 0 radical (unpaired) electrons.